The number of nitrogens with two attached hydrogens (primary N) is 1. The molecule has 114 valence electrons. The molecule has 20 heavy (non-hydrogen) atoms. The third kappa shape index (κ3) is 3.24. The number of aromatic nitrogens is 2. The maximum absolute atomic E-state index is 11.6. The lowest BCUT2D eigenvalue weighted by Gasteiger charge is -2.22. The average molecular weight is 365 g/mol. The van der Waals surface area contributed by atoms with Crippen molar-refractivity contribution in [2.24, 2.45) is 11.8 Å². The van der Waals surface area contributed by atoms with Gasteiger partial charge in [0, 0.05) is 19.0 Å². The maximum Gasteiger partial charge on any atom is 0.150 e. The Hall–Kier alpha value is -0.440. The van der Waals surface area contributed by atoms with Crippen molar-refractivity contribution < 1.29 is 8.42 Å². The molecule has 2 unspecified atom stereocenters. The lowest BCUT2D eigenvalue weighted by Crippen LogP contribution is -2.43. The van der Waals surface area contributed by atoms with Gasteiger partial charge in [-0.2, -0.15) is 5.10 Å². The molecule has 1 aliphatic heterocycles. The van der Waals surface area contributed by atoms with Crippen molar-refractivity contribution in [3.05, 3.63) is 15.9 Å². The Labute approximate surface area is 128 Å². The van der Waals surface area contributed by atoms with Crippen LogP contribution in [0.25, 0.3) is 0 Å². The van der Waals surface area contributed by atoms with Gasteiger partial charge in [0.1, 0.15) is 0 Å². The second kappa shape index (κ2) is 6.13. The monoisotopic (exact) mass is 364 g/mol. The van der Waals surface area contributed by atoms with Crippen LogP contribution in [0.15, 0.2) is 4.47 Å². The molecule has 6 nitrogen and oxygen atoms in total. The summed E-state index contributed by atoms with van der Waals surface area (Å²) in [6, 6.07) is -0.0509. The number of halogens is 1. The molecular formula is C12H21BrN4O2S. The van der Waals surface area contributed by atoms with Gasteiger partial charge in [-0.15, -0.1) is 0 Å². The molecule has 1 fully saturated rings. The van der Waals surface area contributed by atoms with Crippen LogP contribution in [0, 0.1) is 12.8 Å². The Morgan fingerprint density at radius 3 is 2.80 bits per heavy atom. The lowest BCUT2D eigenvalue weighted by molar-refractivity contribution is 0.376. The fraction of sp³-hybridized carbons (Fsp3) is 0.750. The molecule has 1 aromatic rings. The number of sulfone groups is 1. The molecule has 1 saturated heterocycles. The van der Waals surface area contributed by atoms with Crippen LogP contribution < -0.4 is 11.3 Å². The van der Waals surface area contributed by atoms with Gasteiger partial charge in [0.2, 0.25) is 0 Å². The van der Waals surface area contributed by atoms with E-state index >= 15 is 0 Å². The minimum atomic E-state index is -2.89. The highest BCUT2D eigenvalue weighted by Crippen LogP contribution is 2.27. The first-order chi connectivity index (χ1) is 9.38. The number of hydrogen-bond donors (Lipinski definition) is 2. The highest BCUT2D eigenvalue weighted by atomic mass is 79.9. The number of aryl methyl sites for hydroxylation is 2. The third-order valence-electron chi connectivity index (χ3n) is 3.92. The summed E-state index contributed by atoms with van der Waals surface area (Å²) in [5.41, 5.74) is 4.80. The van der Waals surface area contributed by atoms with Gasteiger partial charge < -0.3 is 0 Å². The van der Waals surface area contributed by atoms with E-state index < -0.39 is 9.84 Å². The molecule has 2 rings (SSSR count). The van der Waals surface area contributed by atoms with Crippen LogP contribution in [-0.4, -0.2) is 35.7 Å². The van der Waals surface area contributed by atoms with E-state index in [2.05, 4.69) is 26.5 Å². The first kappa shape index (κ1) is 15.9. The number of hydrazine groups is 1. The van der Waals surface area contributed by atoms with Gasteiger partial charge in [-0.25, -0.2) is 8.42 Å². The molecule has 3 N–H and O–H groups in total. The zero-order valence-corrected chi connectivity index (χ0v) is 14.2. The Balaban J connectivity index is 2.19. The Bertz CT molecular complexity index is 585. The van der Waals surface area contributed by atoms with Crippen molar-refractivity contribution in [1.82, 2.24) is 15.2 Å². The molecule has 1 aliphatic rings. The SMILES string of the molecule is CCn1nc(C)c(Br)c1CC(NN)C1CCS(=O)(=O)C1. The summed E-state index contributed by atoms with van der Waals surface area (Å²) >= 11 is 3.56. The minimum Gasteiger partial charge on any atom is -0.271 e. The molecule has 0 amide bonds. The molecule has 0 spiro atoms. The summed E-state index contributed by atoms with van der Waals surface area (Å²) in [6.07, 6.45) is 1.35. The van der Waals surface area contributed by atoms with Crippen LogP contribution in [-0.2, 0) is 22.8 Å². The smallest absolute Gasteiger partial charge is 0.150 e. The number of rotatable bonds is 5. The molecule has 1 aromatic heterocycles. The summed E-state index contributed by atoms with van der Waals surface area (Å²) < 4.78 is 26.1. The van der Waals surface area contributed by atoms with Crippen LogP contribution in [0.2, 0.25) is 0 Å². The van der Waals surface area contributed by atoms with Crippen LogP contribution in [0.5, 0.6) is 0 Å². The molecule has 0 saturated carbocycles. The Morgan fingerprint density at radius 2 is 2.30 bits per heavy atom. The van der Waals surface area contributed by atoms with E-state index in [4.69, 9.17) is 5.84 Å². The molecule has 0 radical (unpaired) electrons. The zero-order valence-electron chi connectivity index (χ0n) is 11.8. The number of nitrogens with zero attached hydrogens (tertiary/aromatic N) is 2. The highest BCUT2D eigenvalue weighted by Gasteiger charge is 2.34. The molecular weight excluding hydrogens is 344 g/mol. The highest BCUT2D eigenvalue weighted by molar-refractivity contribution is 9.10. The number of hydrogen-bond acceptors (Lipinski definition) is 5. The molecule has 0 bridgehead atoms. The standard InChI is InChI=1S/C12H21BrN4O2S/c1-3-17-11(12(13)8(2)16-17)6-10(15-14)9-4-5-20(18,19)7-9/h9-10,15H,3-7,14H2,1-2H3. The van der Waals surface area contributed by atoms with E-state index in [1.54, 1.807) is 0 Å². The molecule has 2 heterocycles. The van der Waals surface area contributed by atoms with Gasteiger partial charge in [0.15, 0.2) is 9.84 Å². The van der Waals surface area contributed by atoms with Crippen molar-refractivity contribution in [2.45, 2.75) is 39.3 Å². The quantitative estimate of drug-likeness (QED) is 0.595. The average Bonchev–Trinajstić information content (AvgIpc) is 2.89. The van der Waals surface area contributed by atoms with Gasteiger partial charge in [-0.3, -0.25) is 16.0 Å². The largest absolute Gasteiger partial charge is 0.271 e. The summed E-state index contributed by atoms with van der Waals surface area (Å²) in [7, 11) is -2.89. The van der Waals surface area contributed by atoms with Crippen LogP contribution in [0.1, 0.15) is 24.7 Å². The van der Waals surface area contributed by atoms with Crippen molar-refractivity contribution in [3.8, 4) is 0 Å². The fourth-order valence-electron chi connectivity index (χ4n) is 2.78. The summed E-state index contributed by atoms with van der Waals surface area (Å²) in [4.78, 5) is 0. The summed E-state index contributed by atoms with van der Waals surface area (Å²) in [5, 5.41) is 4.45. The second-order valence-corrected chi connectivity index (χ2v) is 8.32. The van der Waals surface area contributed by atoms with Gasteiger partial charge >= 0.3 is 0 Å². The molecule has 0 aliphatic carbocycles. The Morgan fingerprint density at radius 1 is 1.60 bits per heavy atom. The topological polar surface area (TPSA) is 90.0 Å². The lowest BCUT2D eigenvalue weighted by atomic mass is 9.95. The van der Waals surface area contributed by atoms with E-state index in [-0.39, 0.29) is 23.5 Å². The summed E-state index contributed by atoms with van der Waals surface area (Å²) in [6.45, 7) is 4.76. The van der Waals surface area contributed by atoms with Crippen molar-refractivity contribution >= 4 is 25.8 Å². The second-order valence-electron chi connectivity index (χ2n) is 5.30. The van der Waals surface area contributed by atoms with E-state index in [0.29, 0.717) is 12.8 Å². The normalized spacial score (nSPS) is 23.1. The van der Waals surface area contributed by atoms with Gasteiger partial charge in [0.25, 0.3) is 0 Å². The van der Waals surface area contributed by atoms with E-state index in [1.807, 2.05) is 18.5 Å². The predicted molar refractivity (Wildman–Crippen MR) is 81.9 cm³/mol. The van der Waals surface area contributed by atoms with Crippen molar-refractivity contribution in [2.75, 3.05) is 11.5 Å². The maximum atomic E-state index is 11.6. The molecule has 0 aromatic carbocycles. The van der Waals surface area contributed by atoms with E-state index in [1.165, 1.54) is 0 Å². The summed E-state index contributed by atoms with van der Waals surface area (Å²) in [5.74, 6) is 6.20. The van der Waals surface area contributed by atoms with Crippen molar-refractivity contribution in [3.63, 3.8) is 0 Å². The molecule has 2 atom stereocenters. The molecule has 8 heteroatoms. The first-order valence-electron chi connectivity index (χ1n) is 6.76. The number of nitrogens with one attached hydrogen (secondary N) is 1. The van der Waals surface area contributed by atoms with Gasteiger partial charge in [-0.1, -0.05) is 0 Å². The third-order valence-corrected chi connectivity index (χ3v) is 6.74. The van der Waals surface area contributed by atoms with Crippen LogP contribution in [0.4, 0.5) is 0 Å². The predicted octanol–water partition coefficient (Wildman–Crippen LogP) is 0.783. The van der Waals surface area contributed by atoms with E-state index in [0.717, 1.165) is 22.4 Å². The Kier molecular flexibility index (Phi) is 4.88. The van der Waals surface area contributed by atoms with Crippen LogP contribution in [0.3, 0.4) is 0 Å². The zero-order chi connectivity index (χ0) is 14.9. The van der Waals surface area contributed by atoms with Gasteiger partial charge in [-0.05, 0) is 42.1 Å². The van der Waals surface area contributed by atoms with Gasteiger partial charge in [0.05, 0.1) is 27.4 Å². The van der Waals surface area contributed by atoms with Crippen molar-refractivity contribution in [1.29, 1.82) is 0 Å². The fourth-order valence-corrected chi connectivity index (χ4v) is 5.10. The van der Waals surface area contributed by atoms with E-state index in [9.17, 15) is 8.42 Å². The first-order valence-corrected chi connectivity index (χ1v) is 9.37. The van der Waals surface area contributed by atoms with Crippen LogP contribution >= 0.6 is 15.9 Å². The minimum absolute atomic E-state index is 0.0509.